The Morgan fingerprint density at radius 2 is 1.81 bits per heavy atom. The number of methoxy groups -OCH3 is 1. The maximum atomic E-state index is 14.0. The number of aromatic amines is 1. The Hall–Kier alpha value is -4.68. The standard InChI is InChI=1S/C26H19ClF3N5O6S/c1-39-18-5-3-14(4-6-18)13-40-24-16(12-32-25(35-24)42(2,37)38)9-20-33-22(26(28,29)30)21(23(36)34-20)41-19-8-15(11-31)7-17(27)10-19/h3-8,10,12H,9,13H2,1-2H3,(H,33,34,36). The largest absolute Gasteiger partial charge is 0.497 e. The predicted molar refractivity (Wildman–Crippen MR) is 141 cm³/mol. The van der Waals surface area contributed by atoms with Crippen molar-refractivity contribution < 1.29 is 35.8 Å². The molecule has 0 fully saturated rings. The molecule has 0 saturated heterocycles. The highest BCUT2D eigenvalue weighted by Crippen LogP contribution is 2.35. The van der Waals surface area contributed by atoms with E-state index in [0.29, 0.717) is 11.3 Å². The summed E-state index contributed by atoms with van der Waals surface area (Å²) < 4.78 is 82.1. The molecular formula is C26H19ClF3N5O6S. The molecule has 4 aromatic rings. The van der Waals surface area contributed by atoms with Crippen LogP contribution in [0.25, 0.3) is 0 Å². The number of hydrogen-bond donors (Lipinski definition) is 1. The number of benzene rings is 2. The van der Waals surface area contributed by atoms with Crippen LogP contribution in [0, 0.1) is 11.3 Å². The molecule has 0 spiro atoms. The second-order valence-electron chi connectivity index (χ2n) is 8.65. The molecule has 0 radical (unpaired) electrons. The molecule has 0 saturated carbocycles. The first-order valence-corrected chi connectivity index (χ1v) is 13.9. The summed E-state index contributed by atoms with van der Waals surface area (Å²) in [6.45, 7) is -0.0912. The molecule has 0 aliphatic rings. The van der Waals surface area contributed by atoms with Gasteiger partial charge < -0.3 is 19.2 Å². The highest BCUT2D eigenvalue weighted by Gasteiger charge is 2.39. The fraction of sp³-hybridized carbons (Fsp3) is 0.192. The fourth-order valence-electron chi connectivity index (χ4n) is 3.54. The van der Waals surface area contributed by atoms with E-state index in [1.807, 2.05) is 0 Å². The van der Waals surface area contributed by atoms with Gasteiger partial charge in [0.1, 0.15) is 23.9 Å². The molecule has 4 rings (SSSR count). The van der Waals surface area contributed by atoms with Crippen LogP contribution in [-0.2, 0) is 29.0 Å². The summed E-state index contributed by atoms with van der Waals surface area (Å²) in [6.07, 6.45) is -3.67. The molecule has 11 nitrogen and oxygen atoms in total. The molecule has 0 amide bonds. The number of alkyl halides is 3. The number of nitrogens with one attached hydrogen (secondary N) is 1. The Labute approximate surface area is 241 Å². The topological polar surface area (TPSA) is 157 Å². The van der Waals surface area contributed by atoms with Crippen molar-refractivity contribution in [2.45, 2.75) is 24.4 Å². The zero-order chi connectivity index (χ0) is 30.7. The second kappa shape index (κ2) is 12.0. The van der Waals surface area contributed by atoms with Crippen LogP contribution < -0.4 is 19.8 Å². The smallest absolute Gasteiger partial charge is 0.437 e. The number of nitriles is 1. The summed E-state index contributed by atoms with van der Waals surface area (Å²) in [5, 5.41) is 8.52. The van der Waals surface area contributed by atoms with Gasteiger partial charge in [-0.3, -0.25) is 4.79 Å². The minimum Gasteiger partial charge on any atom is -0.497 e. The molecule has 218 valence electrons. The van der Waals surface area contributed by atoms with Crippen molar-refractivity contribution in [2.24, 2.45) is 0 Å². The van der Waals surface area contributed by atoms with E-state index in [1.165, 1.54) is 13.2 Å². The Bertz CT molecular complexity index is 1840. The third kappa shape index (κ3) is 7.33. The van der Waals surface area contributed by atoms with Crippen LogP contribution >= 0.6 is 11.6 Å². The van der Waals surface area contributed by atoms with Crippen LogP contribution in [0.2, 0.25) is 5.02 Å². The van der Waals surface area contributed by atoms with E-state index in [2.05, 4.69) is 19.9 Å². The predicted octanol–water partition coefficient (Wildman–Crippen LogP) is 4.48. The monoisotopic (exact) mass is 621 g/mol. The Kier molecular flexibility index (Phi) is 8.69. The van der Waals surface area contributed by atoms with E-state index in [0.717, 1.165) is 24.6 Å². The first kappa shape index (κ1) is 30.3. The van der Waals surface area contributed by atoms with Crippen LogP contribution in [0.5, 0.6) is 23.1 Å². The lowest BCUT2D eigenvalue weighted by molar-refractivity contribution is -0.142. The first-order valence-electron chi connectivity index (χ1n) is 11.7. The van der Waals surface area contributed by atoms with Crippen LogP contribution in [-0.4, -0.2) is 41.7 Å². The second-order valence-corrected chi connectivity index (χ2v) is 11.0. The Morgan fingerprint density at radius 1 is 1.10 bits per heavy atom. The molecule has 1 N–H and O–H groups in total. The highest BCUT2D eigenvalue weighted by atomic mass is 35.5. The van der Waals surface area contributed by atoms with E-state index >= 15 is 0 Å². The van der Waals surface area contributed by atoms with Gasteiger partial charge in [0.05, 0.1) is 18.7 Å². The minimum absolute atomic E-state index is 0.00155. The number of ether oxygens (including phenoxy) is 3. The molecule has 0 unspecified atom stereocenters. The maximum Gasteiger partial charge on any atom is 0.437 e. The van der Waals surface area contributed by atoms with Crippen LogP contribution in [0.4, 0.5) is 13.2 Å². The Morgan fingerprint density at radius 3 is 2.43 bits per heavy atom. The van der Waals surface area contributed by atoms with Crippen molar-refractivity contribution in [1.82, 2.24) is 19.9 Å². The number of sulfone groups is 1. The van der Waals surface area contributed by atoms with E-state index in [1.54, 1.807) is 30.3 Å². The molecule has 0 atom stereocenters. The van der Waals surface area contributed by atoms with Crippen molar-refractivity contribution in [3.8, 4) is 29.2 Å². The average molecular weight is 622 g/mol. The summed E-state index contributed by atoms with van der Waals surface area (Å²) in [4.78, 5) is 26.3. The van der Waals surface area contributed by atoms with Gasteiger partial charge in [-0.05, 0) is 35.9 Å². The third-order valence-electron chi connectivity index (χ3n) is 5.44. The number of hydrogen-bond acceptors (Lipinski definition) is 10. The van der Waals surface area contributed by atoms with Crippen molar-refractivity contribution >= 4 is 21.4 Å². The van der Waals surface area contributed by atoms with Gasteiger partial charge >= 0.3 is 6.18 Å². The number of H-pyrrole nitrogens is 1. The van der Waals surface area contributed by atoms with Gasteiger partial charge in [-0.1, -0.05) is 23.7 Å². The van der Waals surface area contributed by atoms with Gasteiger partial charge in [0.25, 0.3) is 5.56 Å². The summed E-state index contributed by atoms with van der Waals surface area (Å²) in [5.41, 5.74) is -2.25. The molecule has 2 aromatic heterocycles. The fourth-order valence-corrected chi connectivity index (χ4v) is 4.26. The Balaban J connectivity index is 1.71. The van der Waals surface area contributed by atoms with Crippen molar-refractivity contribution in [2.75, 3.05) is 13.4 Å². The number of nitrogens with zero attached hydrogens (tertiary/aromatic N) is 4. The maximum absolute atomic E-state index is 14.0. The molecule has 2 heterocycles. The zero-order valence-corrected chi connectivity index (χ0v) is 23.3. The number of halogens is 4. The van der Waals surface area contributed by atoms with E-state index < -0.39 is 50.4 Å². The lowest BCUT2D eigenvalue weighted by Gasteiger charge is -2.15. The van der Waals surface area contributed by atoms with Crippen molar-refractivity contribution in [3.63, 3.8) is 0 Å². The normalized spacial score (nSPS) is 11.5. The third-order valence-corrected chi connectivity index (χ3v) is 6.52. The first-order chi connectivity index (χ1) is 19.8. The molecule has 0 aliphatic heterocycles. The number of rotatable bonds is 9. The quantitative estimate of drug-likeness (QED) is 0.264. The van der Waals surface area contributed by atoms with Gasteiger partial charge in [0.2, 0.25) is 26.6 Å². The highest BCUT2D eigenvalue weighted by molar-refractivity contribution is 7.90. The lowest BCUT2D eigenvalue weighted by atomic mass is 10.2. The number of aromatic nitrogens is 4. The molecule has 2 aromatic carbocycles. The van der Waals surface area contributed by atoms with Gasteiger partial charge in [-0.2, -0.15) is 23.4 Å². The van der Waals surface area contributed by atoms with Crippen LogP contribution in [0.1, 0.15) is 28.2 Å². The summed E-state index contributed by atoms with van der Waals surface area (Å²) >= 11 is 5.89. The molecule has 0 aliphatic carbocycles. The van der Waals surface area contributed by atoms with Crippen molar-refractivity contribution in [1.29, 1.82) is 5.26 Å². The summed E-state index contributed by atoms with van der Waals surface area (Å²) in [5.74, 6) is -1.58. The minimum atomic E-state index is -5.13. The van der Waals surface area contributed by atoms with E-state index in [9.17, 15) is 26.4 Å². The van der Waals surface area contributed by atoms with Crippen LogP contribution in [0.15, 0.2) is 58.6 Å². The van der Waals surface area contributed by atoms with Gasteiger partial charge in [-0.25, -0.2) is 18.4 Å². The molecule has 0 bridgehead atoms. The SMILES string of the molecule is COc1ccc(COc2nc(S(C)(=O)=O)ncc2Cc2nc(C(F)(F)F)c(Oc3cc(Cl)cc(C#N)c3)c(=O)[nH]2)cc1. The average Bonchev–Trinajstić information content (AvgIpc) is 2.92. The summed E-state index contributed by atoms with van der Waals surface area (Å²) in [7, 11) is -2.38. The van der Waals surface area contributed by atoms with Crippen LogP contribution in [0.3, 0.4) is 0 Å². The molecular weight excluding hydrogens is 603 g/mol. The van der Waals surface area contributed by atoms with Gasteiger partial charge in [0, 0.05) is 29.5 Å². The van der Waals surface area contributed by atoms with E-state index in [-0.39, 0.29) is 34.4 Å². The van der Waals surface area contributed by atoms with Gasteiger partial charge in [0.15, 0.2) is 5.69 Å². The van der Waals surface area contributed by atoms with Crippen molar-refractivity contribution in [3.05, 3.63) is 92.2 Å². The zero-order valence-electron chi connectivity index (χ0n) is 21.7. The van der Waals surface area contributed by atoms with Gasteiger partial charge in [-0.15, -0.1) is 0 Å². The summed E-state index contributed by atoms with van der Waals surface area (Å²) in [6, 6.07) is 12.0. The van der Waals surface area contributed by atoms with E-state index in [4.69, 9.17) is 31.1 Å². The lowest BCUT2D eigenvalue weighted by Crippen LogP contribution is -2.22. The molecule has 42 heavy (non-hydrogen) atoms. The molecule has 16 heteroatoms.